The molecule has 0 saturated heterocycles. The van der Waals surface area contributed by atoms with Gasteiger partial charge in [-0.3, -0.25) is 9.59 Å². The maximum absolute atomic E-state index is 12.2. The number of hydrogen-bond donors (Lipinski definition) is 0. The highest BCUT2D eigenvalue weighted by Gasteiger charge is 2.11. The highest BCUT2D eigenvalue weighted by molar-refractivity contribution is 6.10. The second-order valence-corrected chi connectivity index (χ2v) is 8.09. The SMILES string of the molecule is Cc1cc(C)cc(C(=O)c2ccccc2)c1.Cc1ccc(C)c(C(=O)c2ccccc2)c1. The third-order valence-electron chi connectivity index (χ3n) is 5.19. The molecule has 4 aromatic carbocycles. The van der Waals surface area contributed by atoms with Gasteiger partial charge in [0.2, 0.25) is 0 Å². The summed E-state index contributed by atoms with van der Waals surface area (Å²) >= 11 is 0. The van der Waals surface area contributed by atoms with Gasteiger partial charge < -0.3 is 0 Å². The molecule has 2 nitrogen and oxygen atoms in total. The topological polar surface area (TPSA) is 34.1 Å². The summed E-state index contributed by atoms with van der Waals surface area (Å²) in [7, 11) is 0. The van der Waals surface area contributed by atoms with Gasteiger partial charge >= 0.3 is 0 Å². The van der Waals surface area contributed by atoms with Crippen LogP contribution < -0.4 is 0 Å². The van der Waals surface area contributed by atoms with Crippen molar-refractivity contribution in [2.24, 2.45) is 0 Å². The van der Waals surface area contributed by atoms with Crippen molar-refractivity contribution in [2.75, 3.05) is 0 Å². The van der Waals surface area contributed by atoms with Gasteiger partial charge in [-0.1, -0.05) is 95.6 Å². The van der Waals surface area contributed by atoms with Gasteiger partial charge in [0.05, 0.1) is 0 Å². The van der Waals surface area contributed by atoms with E-state index in [2.05, 4.69) is 6.07 Å². The molecule has 0 radical (unpaired) electrons. The first kappa shape index (κ1) is 22.9. The number of carbonyl (C=O) groups is 2. The zero-order valence-electron chi connectivity index (χ0n) is 19.1. The molecule has 0 aliphatic heterocycles. The molecular weight excluding hydrogens is 392 g/mol. The molecule has 0 N–H and O–H groups in total. The minimum Gasteiger partial charge on any atom is -0.289 e. The zero-order valence-corrected chi connectivity index (χ0v) is 19.1. The smallest absolute Gasteiger partial charge is 0.193 e. The van der Waals surface area contributed by atoms with E-state index in [1.807, 2.05) is 119 Å². The molecule has 0 aromatic heterocycles. The van der Waals surface area contributed by atoms with Crippen LogP contribution in [0.1, 0.15) is 54.1 Å². The lowest BCUT2D eigenvalue weighted by Crippen LogP contribution is -2.03. The number of ketones is 2. The largest absolute Gasteiger partial charge is 0.289 e. The average molecular weight is 421 g/mol. The second kappa shape index (κ2) is 10.5. The van der Waals surface area contributed by atoms with Gasteiger partial charge in [-0.25, -0.2) is 0 Å². The molecule has 0 bridgehead atoms. The lowest BCUT2D eigenvalue weighted by Gasteiger charge is -2.06. The van der Waals surface area contributed by atoms with Crippen LogP contribution in [0.5, 0.6) is 0 Å². The lowest BCUT2D eigenvalue weighted by atomic mass is 9.97. The van der Waals surface area contributed by atoms with Crippen molar-refractivity contribution < 1.29 is 9.59 Å². The number of hydrogen-bond acceptors (Lipinski definition) is 2. The maximum Gasteiger partial charge on any atom is 0.193 e. The van der Waals surface area contributed by atoms with E-state index in [9.17, 15) is 9.59 Å². The first-order chi connectivity index (χ1) is 15.3. The minimum atomic E-state index is 0.0902. The molecule has 0 heterocycles. The third-order valence-corrected chi connectivity index (χ3v) is 5.19. The zero-order chi connectivity index (χ0) is 23.1. The first-order valence-corrected chi connectivity index (χ1v) is 10.7. The average Bonchev–Trinajstić information content (AvgIpc) is 2.80. The fraction of sp³-hybridized carbons (Fsp3) is 0.133. The van der Waals surface area contributed by atoms with E-state index in [-0.39, 0.29) is 11.6 Å². The number of rotatable bonds is 4. The maximum atomic E-state index is 12.2. The quantitative estimate of drug-likeness (QED) is 0.331. The van der Waals surface area contributed by atoms with E-state index in [4.69, 9.17) is 0 Å². The lowest BCUT2D eigenvalue weighted by molar-refractivity contribution is 0.103. The highest BCUT2D eigenvalue weighted by atomic mass is 16.1. The van der Waals surface area contributed by atoms with Crippen molar-refractivity contribution in [1.29, 1.82) is 0 Å². The Morgan fingerprint density at radius 3 is 1.50 bits per heavy atom. The van der Waals surface area contributed by atoms with Gasteiger partial charge in [0.1, 0.15) is 0 Å². The van der Waals surface area contributed by atoms with Gasteiger partial charge in [0.15, 0.2) is 11.6 Å². The van der Waals surface area contributed by atoms with E-state index < -0.39 is 0 Å². The molecule has 0 aliphatic rings. The van der Waals surface area contributed by atoms with Gasteiger partial charge in [-0.05, 0) is 51.5 Å². The predicted octanol–water partition coefficient (Wildman–Crippen LogP) is 7.07. The molecule has 0 atom stereocenters. The van der Waals surface area contributed by atoms with Gasteiger partial charge in [0, 0.05) is 22.3 Å². The Hall–Kier alpha value is -3.78. The van der Waals surface area contributed by atoms with Crippen LogP contribution in [0.3, 0.4) is 0 Å². The molecule has 0 amide bonds. The molecule has 0 saturated carbocycles. The van der Waals surface area contributed by atoms with Gasteiger partial charge in [0.25, 0.3) is 0 Å². The Bertz CT molecular complexity index is 1200. The van der Waals surface area contributed by atoms with Crippen molar-refractivity contribution in [3.8, 4) is 0 Å². The Kier molecular flexibility index (Phi) is 7.51. The Morgan fingerprint density at radius 2 is 0.969 bits per heavy atom. The van der Waals surface area contributed by atoms with Gasteiger partial charge in [-0.2, -0.15) is 0 Å². The summed E-state index contributed by atoms with van der Waals surface area (Å²) in [6.07, 6.45) is 0. The van der Waals surface area contributed by atoms with Crippen molar-refractivity contribution in [3.05, 3.63) is 142 Å². The summed E-state index contributed by atoms with van der Waals surface area (Å²) in [6.45, 7) is 7.99. The fourth-order valence-electron chi connectivity index (χ4n) is 3.59. The molecule has 160 valence electrons. The van der Waals surface area contributed by atoms with Crippen LogP contribution in [0, 0.1) is 27.7 Å². The first-order valence-electron chi connectivity index (χ1n) is 10.7. The van der Waals surface area contributed by atoms with Crippen molar-refractivity contribution >= 4 is 11.6 Å². The van der Waals surface area contributed by atoms with E-state index in [0.29, 0.717) is 0 Å². The van der Waals surface area contributed by atoms with E-state index in [1.54, 1.807) is 0 Å². The molecule has 0 aliphatic carbocycles. The van der Waals surface area contributed by atoms with Crippen molar-refractivity contribution in [1.82, 2.24) is 0 Å². The Balaban J connectivity index is 0.000000181. The van der Waals surface area contributed by atoms with E-state index in [1.165, 1.54) is 0 Å². The second-order valence-electron chi connectivity index (χ2n) is 8.09. The number of aryl methyl sites for hydroxylation is 4. The third kappa shape index (κ3) is 5.89. The number of carbonyl (C=O) groups excluding carboxylic acids is 2. The van der Waals surface area contributed by atoms with Crippen molar-refractivity contribution in [3.63, 3.8) is 0 Å². The summed E-state index contributed by atoms with van der Waals surface area (Å²) in [5, 5.41) is 0. The summed E-state index contributed by atoms with van der Waals surface area (Å²) in [5.74, 6) is 0.189. The van der Waals surface area contributed by atoms with Crippen LogP contribution in [0.15, 0.2) is 97.1 Å². The van der Waals surface area contributed by atoms with Crippen LogP contribution in [0.25, 0.3) is 0 Å². The standard InChI is InChI=1S/2C15H14O/c1-11-8-12(2)10-14(9-11)15(16)13-6-4-3-5-7-13;1-11-8-9-12(2)14(10-11)15(16)13-6-4-3-5-7-13/h2*3-10H,1-2H3. The molecule has 0 fully saturated rings. The summed E-state index contributed by atoms with van der Waals surface area (Å²) in [5.41, 5.74) is 7.45. The normalized spacial score (nSPS) is 10.1. The number of benzene rings is 4. The summed E-state index contributed by atoms with van der Waals surface area (Å²) in [6, 6.07) is 30.7. The summed E-state index contributed by atoms with van der Waals surface area (Å²) < 4.78 is 0. The summed E-state index contributed by atoms with van der Waals surface area (Å²) in [4.78, 5) is 24.4. The Labute approximate surface area is 190 Å². The monoisotopic (exact) mass is 420 g/mol. The molecule has 32 heavy (non-hydrogen) atoms. The van der Waals surface area contributed by atoms with Crippen molar-refractivity contribution in [2.45, 2.75) is 27.7 Å². The molecular formula is C30H28O2. The molecule has 0 unspecified atom stereocenters. The van der Waals surface area contributed by atoms with Crippen LogP contribution in [-0.4, -0.2) is 11.6 Å². The highest BCUT2D eigenvalue weighted by Crippen LogP contribution is 2.16. The van der Waals surface area contributed by atoms with E-state index in [0.717, 1.165) is 44.5 Å². The molecule has 4 rings (SSSR count). The van der Waals surface area contributed by atoms with Crippen LogP contribution in [0.2, 0.25) is 0 Å². The fourth-order valence-corrected chi connectivity index (χ4v) is 3.59. The molecule has 0 spiro atoms. The van der Waals surface area contributed by atoms with Crippen LogP contribution in [0.4, 0.5) is 0 Å². The van der Waals surface area contributed by atoms with E-state index >= 15 is 0 Å². The molecule has 4 aromatic rings. The Morgan fingerprint density at radius 1 is 0.469 bits per heavy atom. The predicted molar refractivity (Wildman–Crippen MR) is 132 cm³/mol. The van der Waals surface area contributed by atoms with Gasteiger partial charge in [-0.15, -0.1) is 0 Å². The molecule has 2 heteroatoms. The van der Waals surface area contributed by atoms with Crippen LogP contribution >= 0.6 is 0 Å². The van der Waals surface area contributed by atoms with Crippen LogP contribution in [-0.2, 0) is 0 Å². The minimum absolute atomic E-state index is 0.0902.